The van der Waals surface area contributed by atoms with E-state index in [9.17, 15) is 9.50 Å². The molecule has 28 heavy (non-hydrogen) atoms. The normalized spacial score (nSPS) is 19.6. The highest BCUT2D eigenvalue weighted by Crippen LogP contribution is 2.36. The van der Waals surface area contributed by atoms with Gasteiger partial charge in [-0.2, -0.15) is 5.10 Å². The lowest BCUT2D eigenvalue weighted by atomic mass is 10.1. The van der Waals surface area contributed by atoms with Crippen LogP contribution in [0.3, 0.4) is 0 Å². The Hall–Kier alpha value is -2.84. The Balaban J connectivity index is 1.85. The first-order valence-electron chi connectivity index (χ1n) is 8.77. The van der Waals surface area contributed by atoms with Crippen LogP contribution in [-0.4, -0.2) is 39.0 Å². The fraction of sp³-hybridized carbons (Fsp3) is 0.263. The van der Waals surface area contributed by atoms with Crippen LogP contribution in [0.25, 0.3) is 11.3 Å². The van der Waals surface area contributed by atoms with E-state index < -0.39 is 18.0 Å². The predicted molar refractivity (Wildman–Crippen MR) is 105 cm³/mol. The maximum Gasteiger partial charge on any atom is 0.166 e. The number of aliphatic hydroxyl groups excluding tert-OH is 1. The third-order valence-corrected chi connectivity index (χ3v) is 5.01. The summed E-state index contributed by atoms with van der Waals surface area (Å²) in [6.07, 6.45) is 2.85. The summed E-state index contributed by atoms with van der Waals surface area (Å²) < 4.78 is 21.7. The van der Waals surface area contributed by atoms with Crippen molar-refractivity contribution in [2.45, 2.75) is 19.1 Å². The van der Waals surface area contributed by atoms with Crippen molar-refractivity contribution >= 4 is 28.8 Å². The summed E-state index contributed by atoms with van der Waals surface area (Å²) >= 11 is 6.25. The molecule has 3 N–H and O–H groups in total. The van der Waals surface area contributed by atoms with E-state index in [-0.39, 0.29) is 18.2 Å². The largest absolute Gasteiger partial charge is 0.486 e. The van der Waals surface area contributed by atoms with Gasteiger partial charge in [-0.25, -0.2) is 13.9 Å². The van der Waals surface area contributed by atoms with Crippen molar-refractivity contribution in [3.8, 4) is 5.75 Å². The molecule has 2 atom stereocenters. The van der Waals surface area contributed by atoms with Crippen LogP contribution in [0.1, 0.15) is 24.1 Å². The molecule has 1 aliphatic heterocycles. The lowest BCUT2D eigenvalue weighted by Crippen LogP contribution is -2.33. The maximum absolute atomic E-state index is 14.1. The zero-order valence-corrected chi connectivity index (χ0v) is 15.9. The maximum atomic E-state index is 14.1. The molecular formula is C19H19ClFN5O2. The summed E-state index contributed by atoms with van der Waals surface area (Å²) in [6, 6.07) is 4.11. The van der Waals surface area contributed by atoms with Crippen molar-refractivity contribution in [2.24, 2.45) is 0 Å². The van der Waals surface area contributed by atoms with E-state index in [0.29, 0.717) is 28.5 Å². The second-order valence-electron chi connectivity index (χ2n) is 6.56. The molecule has 2 aromatic heterocycles. The summed E-state index contributed by atoms with van der Waals surface area (Å²) in [5.41, 5.74) is 2.40. The number of nitrogens with one attached hydrogen (secondary N) is 2. The molecule has 7 nitrogen and oxygen atoms in total. The number of benzene rings is 1. The topological polar surface area (TPSA) is 83.7 Å². The standard InChI is InChI=1S/C19H19ClFN5O2/c1-10-13-8-23-26-6-5-16(25-19(13)26)24-11(2)17-15(4-3-14(21)18(17)20)28-12(9-27)7-22-10/h3-6,8,11-12,22,27H,1,7,9H2,2H3,(H,24,25)/t11-,12+/m1/s1. The lowest BCUT2D eigenvalue weighted by molar-refractivity contribution is 0.116. The Morgan fingerprint density at radius 1 is 1.43 bits per heavy atom. The van der Waals surface area contributed by atoms with Gasteiger partial charge >= 0.3 is 0 Å². The van der Waals surface area contributed by atoms with Crippen LogP contribution in [0.2, 0.25) is 5.02 Å². The smallest absolute Gasteiger partial charge is 0.166 e. The highest BCUT2D eigenvalue weighted by atomic mass is 35.5. The number of anilines is 1. The molecule has 1 aromatic carbocycles. The highest BCUT2D eigenvalue weighted by Gasteiger charge is 2.23. The van der Waals surface area contributed by atoms with Crippen molar-refractivity contribution in [1.82, 2.24) is 19.9 Å². The van der Waals surface area contributed by atoms with Crippen molar-refractivity contribution in [2.75, 3.05) is 18.5 Å². The van der Waals surface area contributed by atoms with Gasteiger partial charge in [0.2, 0.25) is 0 Å². The molecule has 0 spiro atoms. The van der Waals surface area contributed by atoms with E-state index in [0.717, 1.165) is 5.56 Å². The van der Waals surface area contributed by atoms with Gasteiger partial charge in [-0.1, -0.05) is 18.2 Å². The average molecular weight is 404 g/mol. The number of fused-ring (bicyclic) bond motifs is 2. The molecule has 0 saturated heterocycles. The van der Waals surface area contributed by atoms with Crippen LogP contribution in [-0.2, 0) is 0 Å². The minimum atomic E-state index is -0.591. The van der Waals surface area contributed by atoms with E-state index in [1.54, 1.807) is 23.0 Å². The molecule has 0 aliphatic carbocycles. The molecule has 146 valence electrons. The average Bonchev–Trinajstić information content (AvgIpc) is 3.10. The molecule has 0 amide bonds. The molecule has 0 unspecified atom stereocenters. The van der Waals surface area contributed by atoms with Crippen molar-refractivity contribution in [1.29, 1.82) is 0 Å². The minimum Gasteiger partial charge on any atom is -0.486 e. The SMILES string of the molecule is C=C1NC[C@@H](CO)Oc2ccc(F)c(Cl)c2[C@@H](C)Nc2ccn3ncc1c3n2. The van der Waals surface area contributed by atoms with Crippen molar-refractivity contribution in [3.05, 3.63) is 59.1 Å². The van der Waals surface area contributed by atoms with Crippen LogP contribution in [0.4, 0.5) is 10.2 Å². The molecule has 0 saturated carbocycles. The van der Waals surface area contributed by atoms with Crippen LogP contribution in [0.5, 0.6) is 5.75 Å². The Labute approximate surface area is 165 Å². The molecule has 3 aromatic rings. The number of aliphatic hydroxyl groups is 1. The molecule has 4 rings (SSSR count). The minimum absolute atomic E-state index is 0.0347. The zero-order chi connectivity index (χ0) is 19.8. The number of hydrogen-bond donors (Lipinski definition) is 3. The van der Waals surface area contributed by atoms with Crippen molar-refractivity contribution in [3.63, 3.8) is 0 Å². The van der Waals surface area contributed by atoms with Gasteiger partial charge in [-0.15, -0.1) is 0 Å². The summed E-state index contributed by atoms with van der Waals surface area (Å²) in [4.78, 5) is 4.61. The van der Waals surface area contributed by atoms with Crippen LogP contribution >= 0.6 is 11.6 Å². The van der Waals surface area contributed by atoms with E-state index in [1.165, 1.54) is 12.1 Å². The summed E-state index contributed by atoms with van der Waals surface area (Å²) in [6.45, 7) is 5.91. The molecule has 2 bridgehead atoms. The van der Waals surface area contributed by atoms with Gasteiger partial charge in [0.05, 0.1) is 36.0 Å². The Morgan fingerprint density at radius 3 is 3.04 bits per heavy atom. The first kappa shape index (κ1) is 18.5. The lowest BCUT2D eigenvalue weighted by Gasteiger charge is -2.24. The number of aromatic nitrogens is 3. The fourth-order valence-corrected chi connectivity index (χ4v) is 3.49. The molecule has 3 heterocycles. The predicted octanol–water partition coefficient (Wildman–Crippen LogP) is 3.01. The summed E-state index contributed by atoms with van der Waals surface area (Å²) in [7, 11) is 0. The number of nitrogens with zero attached hydrogens (tertiary/aromatic N) is 3. The van der Waals surface area contributed by atoms with Gasteiger partial charge < -0.3 is 20.5 Å². The number of ether oxygens (including phenoxy) is 1. The van der Waals surface area contributed by atoms with E-state index in [2.05, 4.69) is 27.3 Å². The van der Waals surface area contributed by atoms with Gasteiger partial charge in [0, 0.05) is 17.5 Å². The molecule has 1 aliphatic rings. The Bertz CT molecular complexity index is 1050. The van der Waals surface area contributed by atoms with Gasteiger partial charge in [0.25, 0.3) is 0 Å². The second-order valence-corrected chi connectivity index (χ2v) is 6.94. The van der Waals surface area contributed by atoms with Crippen LogP contribution in [0.15, 0.2) is 37.2 Å². The van der Waals surface area contributed by atoms with Gasteiger partial charge in [0.15, 0.2) is 5.65 Å². The number of halogens is 2. The monoisotopic (exact) mass is 403 g/mol. The van der Waals surface area contributed by atoms with Gasteiger partial charge in [-0.3, -0.25) is 0 Å². The molecule has 0 radical (unpaired) electrons. The van der Waals surface area contributed by atoms with E-state index in [4.69, 9.17) is 16.3 Å². The first-order chi connectivity index (χ1) is 13.5. The van der Waals surface area contributed by atoms with E-state index in [1.807, 2.05) is 6.92 Å². The van der Waals surface area contributed by atoms with Crippen LogP contribution < -0.4 is 15.4 Å². The van der Waals surface area contributed by atoms with Crippen LogP contribution in [0, 0.1) is 5.82 Å². The molecule has 9 heteroatoms. The van der Waals surface area contributed by atoms with Gasteiger partial charge in [-0.05, 0) is 25.1 Å². The van der Waals surface area contributed by atoms with E-state index >= 15 is 0 Å². The van der Waals surface area contributed by atoms with Gasteiger partial charge in [0.1, 0.15) is 23.5 Å². The summed E-state index contributed by atoms with van der Waals surface area (Å²) in [5.74, 6) is 0.412. The number of hydrogen-bond acceptors (Lipinski definition) is 6. The second kappa shape index (κ2) is 7.29. The van der Waals surface area contributed by atoms with Crippen molar-refractivity contribution < 1.29 is 14.2 Å². The number of rotatable bonds is 1. The molecule has 0 fully saturated rings. The summed E-state index contributed by atoms with van der Waals surface area (Å²) in [5, 5.41) is 20.4. The molecular weight excluding hydrogens is 385 g/mol. The Kier molecular flexibility index (Phi) is 4.82. The third-order valence-electron chi connectivity index (χ3n) is 4.62. The third kappa shape index (κ3) is 3.25. The quantitative estimate of drug-likeness (QED) is 0.579. The highest BCUT2D eigenvalue weighted by molar-refractivity contribution is 6.31. The zero-order valence-electron chi connectivity index (χ0n) is 15.1. The Morgan fingerprint density at radius 2 is 2.25 bits per heavy atom. The first-order valence-corrected chi connectivity index (χ1v) is 9.15. The fourth-order valence-electron chi connectivity index (χ4n) is 3.17.